The molecule has 3 rings (SSSR count). The van der Waals surface area contributed by atoms with Crippen LogP contribution in [-0.4, -0.2) is 39.9 Å². The van der Waals surface area contributed by atoms with Crippen molar-refractivity contribution in [2.75, 3.05) is 0 Å². The fourth-order valence-electron chi connectivity index (χ4n) is 1.94. The summed E-state index contributed by atoms with van der Waals surface area (Å²) in [6.07, 6.45) is 0.802. The molecule has 25 heavy (non-hydrogen) atoms. The van der Waals surface area contributed by atoms with Crippen molar-refractivity contribution in [3.8, 4) is 0 Å². The van der Waals surface area contributed by atoms with Gasteiger partial charge in [-0.25, -0.2) is 12.8 Å². The van der Waals surface area contributed by atoms with Crippen molar-refractivity contribution < 1.29 is 22.7 Å². The zero-order valence-corrected chi connectivity index (χ0v) is 13.9. The van der Waals surface area contributed by atoms with Gasteiger partial charge in [0.1, 0.15) is 10.0 Å². The smallest absolute Gasteiger partial charge is 0.239 e. The van der Waals surface area contributed by atoms with Crippen molar-refractivity contribution in [2.45, 2.75) is 9.10 Å². The number of ketones is 1. The van der Waals surface area contributed by atoms with Crippen LogP contribution < -0.4 is 0 Å². The van der Waals surface area contributed by atoms with E-state index in [-0.39, 0.29) is 20.5 Å². The number of aliphatic hydroxyl groups excluding tert-OH is 1. The van der Waals surface area contributed by atoms with Crippen LogP contribution in [0.2, 0.25) is 0 Å². The number of allylic oxidation sites excluding steroid dienone is 1. The Labute approximate surface area is 144 Å². The van der Waals surface area contributed by atoms with Crippen LogP contribution in [0.5, 0.6) is 0 Å². The number of rotatable bonds is 5. The number of carbonyl (C=O) groups excluding carboxylic acids is 1. The number of benzene rings is 1. The molecule has 3 aromatic rings. The maximum atomic E-state index is 13.0. The minimum absolute atomic E-state index is 0.121. The Balaban J connectivity index is 1.99. The molecule has 1 aromatic carbocycles. The number of hydrogen-bond donors (Lipinski definition) is 2. The molecular formula is C14H9FN4O4S2. The molecule has 128 valence electrons. The molecule has 0 atom stereocenters. The van der Waals surface area contributed by atoms with E-state index < -0.39 is 27.2 Å². The number of H-pyrrole nitrogens is 1. The molecule has 0 saturated heterocycles. The van der Waals surface area contributed by atoms with Gasteiger partial charge in [-0.15, -0.1) is 21.5 Å². The van der Waals surface area contributed by atoms with Gasteiger partial charge in [0.2, 0.25) is 15.7 Å². The molecule has 0 spiro atoms. The quantitative estimate of drug-likeness (QED) is 0.300. The highest BCUT2D eigenvalue weighted by Gasteiger charge is 2.26. The number of aromatic nitrogens is 4. The Morgan fingerprint density at radius 3 is 2.60 bits per heavy atom. The molecule has 0 unspecified atom stereocenters. The molecule has 0 aliphatic rings. The molecule has 0 bridgehead atoms. The number of nitrogens with one attached hydrogen (secondary N) is 1. The second kappa shape index (κ2) is 6.53. The topological polar surface area (TPSA) is 126 Å². The van der Waals surface area contributed by atoms with Crippen molar-refractivity contribution in [3.05, 3.63) is 59.0 Å². The van der Waals surface area contributed by atoms with E-state index in [2.05, 4.69) is 20.6 Å². The maximum Gasteiger partial charge on any atom is 0.239 e. The first-order valence-corrected chi connectivity index (χ1v) is 9.03. The highest BCUT2D eigenvalue weighted by atomic mass is 32.2. The monoisotopic (exact) mass is 380 g/mol. The number of sulfone groups is 1. The standard InChI is InChI=1S/C14H9FN4O4S2/c15-8-1-3-9(4-2-8)25(22,23)14-10(5-6-24-14)11(20)7-12(21)13-16-18-19-17-13/h1-7,21H,(H,16,17,18,19). The number of aliphatic hydroxyl groups is 1. The van der Waals surface area contributed by atoms with Crippen molar-refractivity contribution in [1.29, 1.82) is 0 Å². The van der Waals surface area contributed by atoms with Gasteiger partial charge in [0, 0.05) is 6.08 Å². The Bertz CT molecular complexity index is 1040. The number of aromatic amines is 1. The lowest BCUT2D eigenvalue weighted by Crippen LogP contribution is -2.06. The Hall–Kier alpha value is -2.92. The summed E-state index contributed by atoms with van der Waals surface area (Å²) in [6, 6.07) is 5.59. The highest BCUT2D eigenvalue weighted by molar-refractivity contribution is 7.93. The van der Waals surface area contributed by atoms with Crippen LogP contribution in [0.25, 0.3) is 5.76 Å². The normalized spacial score (nSPS) is 12.3. The summed E-state index contributed by atoms with van der Waals surface area (Å²) >= 11 is 0.845. The number of halogens is 1. The molecule has 0 fully saturated rings. The molecule has 0 aliphatic carbocycles. The van der Waals surface area contributed by atoms with E-state index in [1.54, 1.807) is 0 Å². The van der Waals surface area contributed by atoms with E-state index in [0.717, 1.165) is 41.7 Å². The number of tetrazole rings is 1. The molecule has 0 aliphatic heterocycles. The van der Waals surface area contributed by atoms with E-state index in [4.69, 9.17) is 0 Å². The highest BCUT2D eigenvalue weighted by Crippen LogP contribution is 2.30. The summed E-state index contributed by atoms with van der Waals surface area (Å²) in [7, 11) is -4.01. The molecule has 2 aromatic heterocycles. The summed E-state index contributed by atoms with van der Waals surface area (Å²) in [5.74, 6) is -2.08. The van der Waals surface area contributed by atoms with E-state index in [0.29, 0.717) is 0 Å². The van der Waals surface area contributed by atoms with Gasteiger partial charge in [0.25, 0.3) is 0 Å². The molecule has 0 saturated carbocycles. The third-order valence-corrected chi connectivity index (χ3v) is 6.36. The lowest BCUT2D eigenvalue weighted by Gasteiger charge is -2.04. The number of thiophene rings is 1. The fourth-order valence-corrected chi connectivity index (χ4v) is 4.70. The second-order valence-electron chi connectivity index (χ2n) is 4.71. The van der Waals surface area contributed by atoms with Crippen LogP contribution in [0.3, 0.4) is 0 Å². The van der Waals surface area contributed by atoms with Gasteiger partial charge in [-0.1, -0.05) is 0 Å². The average Bonchev–Trinajstić information content (AvgIpc) is 3.27. The zero-order chi connectivity index (χ0) is 18.0. The van der Waals surface area contributed by atoms with Crippen LogP contribution >= 0.6 is 11.3 Å². The third kappa shape index (κ3) is 3.32. The van der Waals surface area contributed by atoms with Crippen LogP contribution in [0.4, 0.5) is 4.39 Å². The van der Waals surface area contributed by atoms with Crippen LogP contribution in [-0.2, 0) is 9.84 Å². The summed E-state index contributed by atoms with van der Waals surface area (Å²) in [5.41, 5.74) is -0.121. The van der Waals surface area contributed by atoms with Crippen molar-refractivity contribution in [3.63, 3.8) is 0 Å². The molecule has 11 heteroatoms. The molecular weight excluding hydrogens is 371 g/mol. The van der Waals surface area contributed by atoms with Gasteiger partial charge < -0.3 is 5.11 Å². The van der Waals surface area contributed by atoms with Gasteiger partial charge in [-0.2, -0.15) is 5.21 Å². The van der Waals surface area contributed by atoms with Crippen molar-refractivity contribution in [1.82, 2.24) is 20.6 Å². The summed E-state index contributed by atoms with van der Waals surface area (Å²) in [4.78, 5) is 12.2. The molecule has 8 nitrogen and oxygen atoms in total. The lowest BCUT2D eigenvalue weighted by molar-refractivity contribution is 0.104. The van der Waals surface area contributed by atoms with E-state index >= 15 is 0 Å². The van der Waals surface area contributed by atoms with Crippen LogP contribution in [0.1, 0.15) is 16.2 Å². The van der Waals surface area contributed by atoms with Crippen LogP contribution in [0.15, 0.2) is 50.9 Å². The summed E-state index contributed by atoms with van der Waals surface area (Å²) in [5, 5.41) is 23.6. The van der Waals surface area contributed by atoms with E-state index in [9.17, 15) is 22.7 Å². The van der Waals surface area contributed by atoms with Gasteiger partial charge in [0.15, 0.2) is 11.5 Å². The first-order chi connectivity index (χ1) is 11.9. The fraction of sp³-hybridized carbons (Fsp3) is 0. The lowest BCUT2D eigenvalue weighted by atomic mass is 10.2. The van der Waals surface area contributed by atoms with E-state index in [1.807, 2.05) is 0 Å². The van der Waals surface area contributed by atoms with Gasteiger partial charge in [-0.3, -0.25) is 4.79 Å². The van der Waals surface area contributed by atoms with Crippen molar-refractivity contribution in [2.24, 2.45) is 0 Å². The minimum Gasteiger partial charge on any atom is -0.504 e. The number of hydrogen-bond acceptors (Lipinski definition) is 8. The molecule has 2 heterocycles. The third-order valence-electron chi connectivity index (χ3n) is 3.11. The largest absolute Gasteiger partial charge is 0.504 e. The first kappa shape index (κ1) is 16.9. The summed E-state index contributed by atoms with van der Waals surface area (Å²) < 4.78 is 38.1. The first-order valence-electron chi connectivity index (χ1n) is 6.66. The van der Waals surface area contributed by atoms with Crippen LogP contribution in [0, 0.1) is 5.82 Å². The number of carbonyl (C=O) groups is 1. The zero-order valence-electron chi connectivity index (χ0n) is 12.2. The Morgan fingerprint density at radius 1 is 1.24 bits per heavy atom. The van der Waals surface area contributed by atoms with Crippen molar-refractivity contribution >= 4 is 32.7 Å². The Morgan fingerprint density at radius 2 is 1.96 bits per heavy atom. The summed E-state index contributed by atoms with van der Waals surface area (Å²) in [6.45, 7) is 0. The average molecular weight is 380 g/mol. The molecule has 0 radical (unpaired) electrons. The van der Waals surface area contributed by atoms with Gasteiger partial charge in [0.05, 0.1) is 10.5 Å². The maximum absolute atomic E-state index is 13.0. The predicted molar refractivity (Wildman–Crippen MR) is 85.3 cm³/mol. The van der Waals surface area contributed by atoms with Gasteiger partial charge >= 0.3 is 0 Å². The molecule has 2 N–H and O–H groups in total. The van der Waals surface area contributed by atoms with Gasteiger partial charge in [-0.05, 0) is 40.9 Å². The Kier molecular flexibility index (Phi) is 4.42. The molecule has 0 amide bonds. The SMILES string of the molecule is O=C(C=C(O)c1nn[nH]n1)c1ccsc1S(=O)(=O)c1ccc(F)cc1. The second-order valence-corrected chi connectivity index (χ2v) is 7.77. The predicted octanol–water partition coefficient (Wildman–Crippen LogP) is 2.01. The number of nitrogens with zero attached hydrogens (tertiary/aromatic N) is 3. The minimum atomic E-state index is -4.01. The van der Waals surface area contributed by atoms with E-state index in [1.165, 1.54) is 11.4 Å².